The number of amides is 1. The predicted octanol–water partition coefficient (Wildman–Crippen LogP) is 4.84. The summed E-state index contributed by atoms with van der Waals surface area (Å²) in [5.41, 5.74) is 2.19. The molecule has 0 aromatic heterocycles. The zero-order chi connectivity index (χ0) is 24.0. The molecule has 33 heavy (non-hydrogen) atoms. The lowest BCUT2D eigenvalue weighted by Crippen LogP contribution is -2.51. The number of hydrogen-bond acceptors (Lipinski definition) is 5. The Morgan fingerprint density at radius 3 is 2.42 bits per heavy atom. The fourth-order valence-corrected chi connectivity index (χ4v) is 5.58. The Balaban J connectivity index is 1.76. The van der Waals surface area contributed by atoms with E-state index in [2.05, 4.69) is 18.3 Å². The number of fused-ring (bicyclic) bond motifs is 3. The first-order chi connectivity index (χ1) is 15.6. The van der Waals surface area contributed by atoms with Crippen LogP contribution >= 0.6 is 0 Å². The molecule has 2 aliphatic carbocycles. The van der Waals surface area contributed by atoms with Crippen molar-refractivity contribution in [2.45, 2.75) is 39.0 Å². The summed E-state index contributed by atoms with van der Waals surface area (Å²) in [4.78, 5) is 26.0. The Bertz CT molecular complexity index is 1200. The standard InChI is InChI=1S/C27H28N2O4/c1-26(2)23-11-6-16-12-20(25(31)29-18-7-9-19(32-4)10-8-18)22(33-5)13-21(16)27(23,3)14-17(15-28)24(26)30/h7-10,12-14,23H,6,11H2,1-5H3,(H,29,31)/t23?,27-/m1/s1. The molecule has 0 aliphatic heterocycles. The second-order valence-electron chi connectivity index (χ2n) is 9.49. The number of ketones is 1. The monoisotopic (exact) mass is 444 g/mol. The van der Waals surface area contributed by atoms with Crippen LogP contribution in [0, 0.1) is 22.7 Å². The average molecular weight is 445 g/mol. The summed E-state index contributed by atoms with van der Waals surface area (Å²) < 4.78 is 10.8. The van der Waals surface area contributed by atoms with E-state index in [1.54, 1.807) is 38.5 Å². The van der Waals surface area contributed by atoms with Crippen molar-refractivity contribution in [3.63, 3.8) is 0 Å². The van der Waals surface area contributed by atoms with Gasteiger partial charge in [-0.25, -0.2) is 0 Å². The maximum absolute atomic E-state index is 13.1. The highest BCUT2D eigenvalue weighted by Crippen LogP contribution is 2.55. The molecular formula is C27H28N2O4. The molecule has 0 bridgehead atoms. The lowest BCUT2D eigenvalue weighted by molar-refractivity contribution is -0.128. The molecule has 0 spiro atoms. The maximum Gasteiger partial charge on any atom is 0.259 e. The van der Waals surface area contributed by atoms with Gasteiger partial charge in [-0.15, -0.1) is 0 Å². The Morgan fingerprint density at radius 1 is 1.12 bits per heavy atom. The molecule has 170 valence electrons. The number of ether oxygens (including phenoxy) is 2. The van der Waals surface area contributed by atoms with E-state index in [-0.39, 0.29) is 23.2 Å². The van der Waals surface area contributed by atoms with Crippen LogP contribution < -0.4 is 14.8 Å². The van der Waals surface area contributed by atoms with Crippen molar-refractivity contribution < 1.29 is 19.1 Å². The van der Waals surface area contributed by atoms with Gasteiger partial charge in [-0.05, 0) is 66.3 Å². The number of hydrogen-bond donors (Lipinski definition) is 1. The van der Waals surface area contributed by atoms with E-state index < -0.39 is 10.8 Å². The first kappa shape index (κ1) is 22.6. The Morgan fingerprint density at radius 2 is 1.82 bits per heavy atom. The molecule has 0 saturated carbocycles. The number of aryl methyl sites for hydroxylation is 1. The summed E-state index contributed by atoms with van der Waals surface area (Å²) in [7, 11) is 3.13. The molecule has 0 saturated heterocycles. The van der Waals surface area contributed by atoms with Crippen LogP contribution in [0.4, 0.5) is 5.69 Å². The molecule has 4 rings (SSSR count). The summed E-state index contributed by atoms with van der Waals surface area (Å²) in [6, 6.07) is 13.0. The third-order valence-corrected chi connectivity index (χ3v) is 7.29. The Kier molecular flexibility index (Phi) is 5.53. The molecule has 1 N–H and O–H groups in total. The summed E-state index contributed by atoms with van der Waals surface area (Å²) in [5.74, 6) is 0.854. The van der Waals surface area contributed by atoms with Gasteiger partial charge in [-0.3, -0.25) is 9.59 Å². The van der Waals surface area contributed by atoms with Gasteiger partial charge >= 0.3 is 0 Å². The number of Topliss-reactive ketones (excluding diaryl/α,β-unsaturated/α-hetero) is 1. The largest absolute Gasteiger partial charge is 0.497 e. The summed E-state index contributed by atoms with van der Waals surface area (Å²) in [6.45, 7) is 5.95. The van der Waals surface area contributed by atoms with Crippen molar-refractivity contribution in [1.29, 1.82) is 5.26 Å². The highest BCUT2D eigenvalue weighted by molar-refractivity contribution is 6.07. The molecule has 0 heterocycles. The van der Waals surface area contributed by atoms with Gasteiger partial charge < -0.3 is 14.8 Å². The topological polar surface area (TPSA) is 88.4 Å². The van der Waals surface area contributed by atoms with E-state index in [0.29, 0.717) is 22.7 Å². The van der Waals surface area contributed by atoms with Crippen LogP contribution in [-0.4, -0.2) is 25.9 Å². The van der Waals surface area contributed by atoms with E-state index >= 15 is 0 Å². The summed E-state index contributed by atoms with van der Waals surface area (Å²) >= 11 is 0. The number of nitrogens with zero attached hydrogens (tertiary/aromatic N) is 1. The molecule has 0 fully saturated rings. The van der Waals surface area contributed by atoms with Crippen molar-refractivity contribution in [3.8, 4) is 17.6 Å². The lowest BCUT2D eigenvalue weighted by atomic mass is 9.51. The minimum atomic E-state index is -0.649. The molecule has 2 atom stereocenters. The number of benzene rings is 2. The van der Waals surface area contributed by atoms with E-state index in [1.165, 1.54) is 0 Å². The van der Waals surface area contributed by atoms with Gasteiger partial charge in [0.05, 0.1) is 25.4 Å². The number of rotatable bonds is 4. The molecule has 2 aliphatic rings. The molecule has 1 unspecified atom stereocenters. The number of methoxy groups -OCH3 is 2. The van der Waals surface area contributed by atoms with Crippen LogP contribution in [0.15, 0.2) is 48.0 Å². The molecule has 2 aromatic carbocycles. The van der Waals surface area contributed by atoms with E-state index in [9.17, 15) is 14.9 Å². The fraction of sp³-hybridized carbons (Fsp3) is 0.370. The fourth-order valence-electron chi connectivity index (χ4n) is 5.58. The van der Waals surface area contributed by atoms with Gasteiger partial charge in [0.15, 0.2) is 5.78 Å². The normalized spacial score (nSPS) is 22.8. The quantitative estimate of drug-likeness (QED) is 0.729. The van der Waals surface area contributed by atoms with Gasteiger partial charge in [0.2, 0.25) is 0 Å². The van der Waals surface area contributed by atoms with Crippen LogP contribution in [-0.2, 0) is 16.6 Å². The number of carbonyl (C=O) groups is 2. The predicted molar refractivity (Wildman–Crippen MR) is 126 cm³/mol. The number of nitriles is 1. The van der Waals surface area contributed by atoms with Gasteiger partial charge in [0.25, 0.3) is 5.91 Å². The van der Waals surface area contributed by atoms with Crippen molar-refractivity contribution in [3.05, 3.63) is 64.7 Å². The Labute approximate surface area is 194 Å². The minimum Gasteiger partial charge on any atom is -0.497 e. The number of anilines is 1. The molecule has 0 radical (unpaired) electrons. The van der Waals surface area contributed by atoms with Crippen molar-refractivity contribution >= 4 is 17.4 Å². The average Bonchev–Trinajstić information content (AvgIpc) is 2.81. The van der Waals surface area contributed by atoms with Crippen LogP contribution in [0.3, 0.4) is 0 Å². The van der Waals surface area contributed by atoms with Gasteiger partial charge in [-0.1, -0.05) is 26.8 Å². The van der Waals surface area contributed by atoms with Crippen LogP contribution in [0.25, 0.3) is 0 Å². The zero-order valence-electron chi connectivity index (χ0n) is 19.6. The molecule has 6 heteroatoms. The van der Waals surface area contributed by atoms with Crippen LogP contribution in [0.1, 0.15) is 48.7 Å². The SMILES string of the molecule is COc1ccc(NC(=O)c2cc3c(cc2OC)[C@@]2(C)C=C(C#N)C(=O)C(C)(C)C2CC3)cc1. The summed E-state index contributed by atoms with van der Waals surface area (Å²) in [5, 5.41) is 12.5. The maximum atomic E-state index is 13.1. The smallest absolute Gasteiger partial charge is 0.259 e. The Hall–Kier alpha value is -3.59. The van der Waals surface area contributed by atoms with Crippen LogP contribution in [0.5, 0.6) is 11.5 Å². The molecule has 1 amide bonds. The summed E-state index contributed by atoms with van der Waals surface area (Å²) in [6.07, 6.45) is 3.36. The van der Waals surface area contributed by atoms with Gasteiger partial charge in [-0.2, -0.15) is 5.26 Å². The van der Waals surface area contributed by atoms with E-state index in [4.69, 9.17) is 9.47 Å². The first-order valence-corrected chi connectivity index (χ1v) is 11.0. The van der Waals surface area contributed by atoms with Crippen LogP contribution in [0.2, 0.25) is 0 Å². The third kappa shape index (κ3) is 3.58. The van der Waals surface area contributed by atoms with E-state index in [1.807, 2.05) is 32.1 Å². The van der Waals surface area contributed by atoms with Crippen molar-refractivity contribution in [1.82, 2.24) is 0 Å². The second-order valence-corrected chi connectivity index (χ2v) is 9.49. The minimum absolute atomic E-state index is 0.0470. The third-order valence-electron chi connectivity index (χ3n) is 7.29. The van der Waals surface area contributed by atoms with E-state index in [0.717, 1.165) is 24.0 Å². The second kappa shape index (κ2) is 8.08. The molecule has 2 aromatic rings. The zero-order valence-corrected chi connectivity index (χ0v) is 19.6. The highest BCUT2D eigenvalue weighted by Gasteiger charge is 2.54. The van der Waals surface area contributed by atoms with Gasteiger partial charge in [0, 0.05) is 16.5 Å². The number of carbonyl (C=O) groups excluding carboxylic acids is 2. The molecule has 6 nitrogen and oxygen atoms in total. The number of nitrogens with one attached hydrogen (secondary N) is 1. The van der Waals surface area contributed by atoms with Gasteiger partial charge in [0.1, 0.15) is 17.6 Å². The van der Waals surface area contributed by atoms with Crippen molar-refractivity contribution in [2.24, 2.45) is 11.3 Å². The first-order valence-electron chi connectivity index (χ1n) is 11.0. The lowest BCUT2D eigenvalue weighted by Gasteiger charge is -2.51. The highest BCUT2D eigenvalue weighted by atomic mass is 16.5. The number of allylic oxidation sites excluding steroid dienone is 2. The van der Waals surface area contributed by atoms with Crippen molar-refractivity contribution in [2.75, 3.05) is 19.5 Å². The molecular weight excluding hydrogens is 416 g/mol.